The smallest absolute Gasteiger partial charge is 0.338 e. The standard InChI is InChI=1S/C27H27ClN2O6S/c1-6-35-26(33)22-15(4)29-27-30(23(22)17-7-9-18(10-8-17)36-14(2)3)25(32)21(37-27)13-16-11-19(28)24(31)20(12-16)34-5/h7-14,23,31H,6H2,1-5H3/b21-13-/t23-/m0/s1. The molecule has 3 aromatic rings. The molecule has 2 aromatic carbocycles. The Bertz CT molecular complexity index is 1550. The molecule has 0 fully saturated rings. The SMILES string of the molecule is CCOC(=O)C1=C(C)N=c2s/c(=C\c3cc(Cl)c(O)c(OC)c3)c(=O)n2[C@H]1c1ccc(OC(C)C)cc1. The number of hydrogen-bond acceptors (Lipinski definition) is 8. The number of benzene rings is 2. The van der Waals surface area contributed by atoms with Crippen molar-refractivity contribution in [2.75, 3.05) is 13.7 Å². The van der Waals surface area contributed by atoms with Crippen LogP contribution in [0.5, 0.6) is 17.2 Å². The first-order chi connectivity index (χ1) is 17.6. The first-order valence-corrected chi connectivity index (χ1v) is 12.9. The van der Waals surface area contributed by atoms with E-state index in [0.717, 1.165) is 5.56 Å². The molecule has 0 unspecified atom stereocenters. The fourth-order valence-electron chi connectivity index (χ4n) is 4.09. The van der Waals surface area contributed by atoms with Crippen molar-refractivity contribution in [1.29, 1.82) is 0 Å². The number of carbonyl (C=O) groups is 1. The highest BCUT2D eigenvalue weighted by molar-refractivity contribution is 7.07. The molecule has 0 spiro atoms. The van der Waals surface area contributed by atoms with Gasteiger partial charge in [0.05, 0.1) is 46.7 Å². The lowest BCUT2D eigenvalue weighted by molar-refractivity contribution is -0.139. The topological polar surface area (TPSA) is 99.4 Å². The molecule has 1 N–H and O–H groups in total. The van der Waals surface area contributed by atoms with Crippen LogP contribution in [-0.2, 0) is 9.53 Å². The Kier molecular flexibility index (Phi) is 7.75. The second-order valence-corrected chi connectivity index (χ2v) is 10.0. The Labute approximate surface area is 222 Å². The third-order valence-electron chi connectivity index (χ3n) is 5.65. The molecule has 2 heterocycles. The molecular weight excluding hydrogens is 516 g/mol. The number of allylic oxidation sites excluding steroid dienone is 1. The summed E-state index contributed by atoms with van der Waals surface area (Å²) in [5.74, 6) is 0.166. The summed E-state index contributed by atoms with van der Waals surface area (Å²) in [6.07, 6.45) is 1.66. The van der Waals surface area contributed by atoms with Gasteiger partial charge >= 0.3 is 5.97 Å². The molecule has 1 aromatic heterocycles. The van der Waals surface area contributed by atoms with Crippen LogP contribution >= 0.6 is 22.9 Å². The monoisotopic (exact) mass is 542 g/mol. The molecular formula is C27H27ClN2O6S. The Balaban J connectivity index is 1.91. The van der Waals surface area contributed by atoms with Crippen molar-refractivity contribution in [1.82, 2.24) is 4.57 Å². The maximum Gasteiger partial charge on any atom is 0.338 e. The third-order valence-corrected chi connectivity index (χ3v) is 6.92. The van der Waals surface area contributed by atoms with E-state index < -0.39 is 12.0 Å². The lowest BCUT2D eigenvalue weighted by Crippen LogP contribution is -2.39. The van der Waals surface area contributed by atoms with Crippen LogP contribution in [0.15, 0.2) is 57.5 Å². The number of carbonyl (C=O) groups excluding carboxylic acids is 1. The normalized spacial score (nSPS) is 15.4. The van der Waals surface area contributed by atoms with Crippen LogP contribution in [0.4, 0.5) is 0 Å². The van der Waals surface area contributed by atoms with Crippen LogP contribution in [0.1, 0.15) is 44.9 Å². The third kappa shape index (κ3) is 5.28. The van der Waals surface area contributed by atoms with Crippen molar-refractivity contribution in [3.63, 3.8) is 0 Å². The van der Waals surface area contributed by atoms with E-state index in [1.54, 1.807) is 26.0 Å². The molecule has 10 heteroatoms. The molecule has 4 rings (SSSR count). The lowest BCUT2D eigenvalue weighted by Gasteiger charge is -2.25. The van der Waals surface area contributed by atoms with E-state index in [2.05, 4.69) is 4.99 Å². The molecule has 0 saturated heterocycles. The Morgan fingerprint density at radius 2 is 1.97 bits per heavy atom. The van der Waals surface area contributed by atoms with E-state index in [-0.39, 0.29) is 34.8 Å². The average molecular weight is 543 g/mol. The number of phenolic OH excluding ortho intramolecular Hbond substituents is 1. The maximum absolute atomic E-state index is 13.7. The molecule has 0 saturated carbocycles. The van der Waals surface area contributed by atoms with Crippen LogP contribution < -0.4 is 24.4 Å². The molecule has 1 aliphatic heterocycles. The summed E-state index contributed by atoms with van der Waals surface area (Å²) in [7, 11) is 1.42. The average Bonchev–Trinajstić information content (AvgIpc) is 3.15. The van der Waals surface area contributed by atoms with E-state index in [9.17, 15) is 14.7 Å². The molecule has 37 heavy (non-hydrogen) atoms. The molecule has 0 bridgehead atoms. The van der Waals surface area contributed by atoms with Gasteiger partial charge in [0.15, 0.2) is 16.3 Å². The minimum atomic E-state index is -0.733. The number of aromatic nitrogens is 1. The van der Waals surface area contributed by atoms with Gasteiger partial charge in [-0.25, -0.2) is 9.79 Å². The molecule has 1 aliphatic rings. The van der Waals surface area contributed by atoms with Gasteiger partial charge in [0.25, 0.3) is 5.56 Å². The summed E-state index contributed by atoms with van der Waals surface area (Å²) in [5, 5.41) is 10.1. The minimum absolute atomic E-state index is 0.00721. The van der Waals surface area contributed by atoms with Crippen LogP contribution in [0.3, 0.4) is 0 Å². The molecule has 0 amide bonds. The maximum atomic E-state index is 13.7. The highest BCUT2D eigenvalue weighted by atomic mass is 35.5. The van der Waals surface area contributed by atoms with Crippen LogP contribution in [0.2, 0.25) is 5.02 Å². The van der Waals surface area contributed by atoms with Crippen molar-refractivity contribution >= 4 is 35.0 Å². The molecule has 0 radical (unpaired) electrons. The molecule has 1 atom stereocenters. The van der Waals surface area contributed by atoms with Gasteiger partial charge in [0.2, 0.25) is 0 Å². The van der Waals surface area contributed by atoms with Gasteiger partial charge in [-0.2, -0.15) is 0 Å². The number of ether oxygens (including phenoxy) is 3. The summed E-state index contributed by atoms with van der Waals surface area (Å²) in [4.78, 5) is 31.8. The Morgan fingerprint density at radius 3 is 2.59 bits per heavy atom. The number of rotatable bonds is 7. The fraction of sp³-hybridized carbons (Fsp3) is 0.296. The Hall–Kier alpha value is -3.56. The van der Waals surface area contributed by atoms with Gasteiger partial charge < -0.3 is 19.3 Å². The first kappa shape index (κ1) is 26.5. The molecule has 194 valence electrons. The zero-order valence-corrected chi connectivity index (χ0v) is 22.6. The van der Waals surface area contributed by atoms with Crippen molar-refractivity contribution < 1.29 is 24.1 Å². The van der Waals surface area contributed by atoms with Gasteiger partial charge in [0, 0.05) is 0 Å². The van der Waals surface area contributed by atoms with Gasteiger partial charge in [-0.15, -0.1) is 0 Å². The fourth-order valence-corrected chi connectivity index (χ4v) is 5.36. The molecule has 8 nitrogen and oxygen atoms in total. The van der Waals surface area contributed by atoms with E-state index >= 15 is 0 Å². The number of methoxy groups -OCH3 is 1. The number of phenols is 1. The van der Waals surface area contributed by atoms with E-state index in [1.807, 2.05) is 38.1 Å². The van der Waals surface area contributed by atoms with Gasteiger partial charge in [0.1, 0.15) is 5.75 Å². The first-order valence-electron chi connectivity index (χ1n) is 11.7. The number of halogens is 1. The van der Waals surface area contributed by atoms with Crippen molar-refractivity contribution in [3.05, 3.63) is 83.5 Å². The van der Waals surface area contributed by atoms with Gasteiger partial charge in [-0.3, -0.25) is 9.36 Å². The Morgan fingerprint density at radius 1 is 1.27 bits per heavy atom. The second kappa shape index (κ2) is 10.8. The lowest BCUT2D eigenvalue weighted by atomic mass is 9.96. The van der Waals surface area contributed by atoms with Gasteiger partial charge in [-0.05, 0) is 69.2 Å². The number of nitrogens with zero attached hydrogens (tertiary/aromatic N) is 2. The highest BCUT2D eigenvalue weighted by Crippen LogP contribution is 2.35. The largest absolute Gasteiger partial charge is 0.503 e. The predicted octanol–water partition coefficient (Wildman–Crippen LogP) is 3.95. The zero-order valence-electron chi connectivity index (χ0n) is 21.1. The molecule has 0 aliphatic carbocycles. The summed E-state index contributed by atoms with van der Waals surface area (Å²) in [6.45, 7) is 7.53. The predicted molar refractivity (Wildman–Crippen MR) is 142 cm³/mol. The number of aromatic hydroxyl groups is 1. The van der Waals surface area contributed by atoms with Gasteiger partial charge in [-0.1, -0.05) is 35.1 Å². The minimum Gasteiger partial charge on any atom is -0.503 e. The second-order valence-electron chi connectivity index (χ2n) is 8.59. The van der Waals surface area contributed by atoms with Crippen LogP contribution in [0, 0.1) is 0 Å². The van der Waals surface area contributed by atoms with Crippen molar-refractivity contribution in [2.45, 2.75) is 39.8 Å². The summed E-state index contributed by atoms with van der Waals surface area (Å²) in [5.41, 5.74) is 1.74. The highest BCUT2D eigenvalue weighted by Gasteiger charge is 2.33. The van der Waals surface area contributed by atoms with Crippen molar-refractivity contribution in [3.8, 4) is 17.2 Å². The van der Waals surface area contributed by atoms with E-state index in [4.69, 9.17) is 25.8 Å². The number of fused-ring (bicyclic) bond motifs is 1. The number of esters is 1. The quantitative estimate of drug-likeness (QED) is 0.454. The number of thiazole rings is 1. The van der Waals surface area contributed by atoms with E-state index in [0.29, 0.717) is 31.9 Å². The number of hydrogen-bond donors (Lipinski definition) is 1. The summed E-state index contributed by atoms with van der Waals surface area (Å²) >= 11 is 7.33. The van der Waals surface area contributed by atoms with E-state index in [1.165, 1.54) is 29.1 Å². The zero-order chi connectivity index (χ0) is 26.9. The summed E-state index contributed by atoms with van der Waals surface area (Å²) < 4.78 is 18.2. The summed E-state index contributed by atoms with van der Waals surface area (Å²) in [6, 6.07) is 9.69. The van der Waals surface area contributed by atoms with Crippen LogP contribution in [0.25, 0.3) is 6.08 Å². The van der Waals surface area contributed by atoms with Crippen molar-refractivity contribution in [2.24, 2.45) is 4.99 Å². The van der Waals surface area contributed by atoms with Crippen LogP contribution in [-0.4, -0.2) is 35.5 Å².